The first-order chi connectivity index (χ1) is 8.54. The molecule has 3 fully saturated rings. The molecule has 1 aliphatic carbocycles. The number of hydrogen-bond donors (Lipinski definition) is 1. The Morgan fingerprint density at radius 2 is 1.94 bits per heavy atom. The topological polar surface area (TPSA) is 49.6 Å². The van der Waals surface area contributed by atoms with Crippen molar-refractivity contribution in [2.24, 2.45) is 11.1 Å². The van der Waals surface area contributed by atoms with Crippen LogP contribution in [0.25, 0.3) is 0 Å². The van der Waals surface area contributed by atoms with Crippen molar-refractivity contribution < 1.29 is 4.79 Å². The minimum atomic E-state index is -0.475. The predicted molar refractivity (Wildman–Crippen MR) is 74.2 cm³/mol. The third-order valence-electron chi connectivity index (χ3n) is 5.07. The fourth-order valence-electron chi connectivity index (χ4n) is 3.49. The van der Waals surface area contributed by atoms with Gasteiger partial charge in [0.25, 0.3) is 0 Å². The lowest BCUT2D eigenvalue weighted by atomic mass is 10.0. The molecule has 18 heavy (non-hydrogen) atoms. The van der Waals surface area contributed by atoms with Crippen LogP contribution in [0.2, 0.25) is 0 Å². The van der Waals surface area contributed by atoms with Gasteiger partial charge >= 0.3 is 0 Å². The molecule has 1 saturated carbocycles. The predicted octanol–water partition coefficient (Wildman–Crippen LogP) is 0.748. The lowest BCUT2D eigenvalue weighted by Crippen LogP contribution is -2.46. The van der Waals surface area contributed by atoms with Crippen molar-refractivity contribution in [2.75, 3.05) is 20.1 Å². The number of carbonyl (C=O) groups is 1. The Labute approximate surface area is 113 Å². The first-order valence-corrected chi connectivity index (χ1v) is 7.26. The van der Waals surface area contributed by atoms with Crippen molar-refractivity contribution in [1.29, 1.82) is 0 Å². The van der Waals surface area contributed by atoms with Gasteiger partial charge in [0.1, 0.15) is 0 Å². The van der Waals surface area contributed by atoms with E-state index in [0.29, 0.717) is 17.1 Å². The lowest BCUT2D eigenvalue weighted by molar-refractivity contribution is -0.134. The molecule has 3 aliphatic rings. The maximum atomic E-state index is 12.6. The molecule has 1 amide bonds. The smallest absolute Gasteiger partial charge is 0.235 e. The first kappa shape index (κ1) is 12.4. The molecule has 2 bridgehead atoms. The monoisotopic (exact) mass is 267 g/mol. The van der Waals surface area contributed by atoms with E-state index in [0.717, 1.165) is 32.4 Å². The molecule has 100 valence electrons. The second kappa shape index (κ2) is 4.17. The summed E-state index contributed by atoms with van der Waals surface area (Å²) in [5.41, 5.74) is 5.28. The molecule has 2 unspecified atom stereocenters. The van der Waals surface area contributed by atoms with Gasteiger partial charge in [-0.05, 0) is 39.2 Å². The molecule has 0 aromatic rings. The average molecular weight is 267 g/mol. The number of likely N-dealkylation sites (N-methyl/N-ethyl adjacent to an activating group) is 1. The zero-order valence-corrected chi connectivity index (χ0v) is 11.7. The summed E-state index contributed by atoms with van der Waals surface area (Å²) in [5, 5.41) is 0. The fourth-order valence-corrected chi connectivity index (χ4v) is 3.78. The highest BCUT2D eigenvalue weighted by Crippen LogP contribution is 2.48. The second-order valence-electron chi connectivity index (χ2n) is 6.04. The molecule has 0 spiro atoms. The Bertz CT molecular complexity index is 394. The third-order valence-corrected chi connectivity index (χ3v) is 5.46. The third kappa shape index (κ3) is 1.75. The standard InChI is InChI=1S/C13H21N3OS/c1-15-9-2-3-10(15)8-16(7-4-9)12(17)13(5-6-13)11(14)18/h9-10H,2-8H2,1H3,(H2,14,18). The van der Waals surface area contributed by atoms with Gasteiger partial charge in [-0.2, -0.15) is 0 Å². The Morgan fingerprint density at radius 3 is 2.56 bits per heavy atom. The molecular weight excluding hydrogens is 246 g/mol. The van der Waals surface area contributed by atoms with Crippen LogP contribution < -0.4 is 5.73 Å². The number of carbonyl (C=O) groups excluding carboxylic acids is 1. The van der Waals surface area contributed by atoms with Gasteiger partial charge in [-0.15, -0.1) is 0 Å². The molecule has 2 heterocycles. The minimum Gasteiger partial charge on any atom is -0.392 e. The van der Waals surface area contributed by atoms with E-state index < -0.39 is 5.41 Å². The summed E-state index contributed by atoms with van der Waals surface area (Å²) in [6, 6.07) is 1.19. The number of likely N-dealkylation sites (tertiary alicyclic amines) is 1. The van der Waals surface area contributed by atoms with Crippen LogP contribution in [0.3, 0.4) is 0 Å². The molecule has 3 rings (SSSR count). The summed E-state index contributed by atoms with van der Waals surface area (Å²) < 4.78 is 0. The molecule has 2 aliphatic heterocycles. The molecule has 2 atom stereocenters. The van der Waals surface area contributed by atoms with E-state index in [4.69, 9.17) is 18.0 Å². The van der Waals surface area contributed by atoms with Crippen LogP contribution in [-0.4, -0.2) is 52.9 Å². The lowest BCUT2D eigenvalue weighted by Gasteiger charge is -2.29. The van der Waals surface area contributed by atoms with Crippen LogP contribution in [0.4, 0.5) is 0 Å². The fraction of sp³-hybridized carbons (Fsp3) is 0.846. The minimum absolute atomic E-state index is 0.191. The Balaban J connectivity index is 1.74. The van der Waals surface area contributed by atoms with E-state index in [1.165, 1.54) is 12.8 Å². The van der Waals surface area contributed by atoms with Gasteiger partial charge in [-0.3, -0.25) is 9.69 Å². The highest BCUT2D eigenvalue weighted by molar-refractivity contribution is 7.80. The summed E-state index contributed by atoms with van der Waals surface area (Å²) in [7, 11) is 2.19. The number of nitrogens with zero attached hydrogens (tertiary/aromatic N) is 2. The van der Waals surface area contributed by atoms with E-state index in [-0.39, 0.29) is 5.91 Å². The van der Waals surface area contributed by atoms with Crippen LogP contribution in [0.5, 0.6) is 0 Å². The maximum absolute atomic E-state index is 12.6. The number of rotatable bonds is 2. The summed E-state index contributed by atoms with van der Waals surface area (Å²) in [6.07, 6.45) is 5.28. The van der Waals surface area contributed by atoms with Gasteiger partial charge in [0.15, 0.2) is 0 Å². The van der Waals surface area contributed by atoms with Crippen molar-refractivity contribution in [3.63, 3.8) is 0 Å². The van der Waals surface area contributed by atoms with Crippen molar-refractivity contribution in [3.8, 4) is 0 Å². The summed E-state index contributed by atoms with van der Waals surface area (Å²) in [6.45, 7) is 1.73. The first-order valence-electron chi connectivity index (χ1n) is 6.86. The van der Waals surface area contributed by atoms with Gasteiger partial charge in [0, 0.05) is 25.2 Å². The SMILES string of the molecule is CN1C2CCC1CN(C(=O)C1(C(N)=S)CC1)CC2. The molecule has 5 heteroatoms. The number of thiocarbonyl (C=S) groups is 1. The van der Waals surface area contributed by atoms with Crippen LogP contribution in [-0.2, 0) is 4.79 Å². The summed E-state index contributed by atoms with van der Waals surface area (Å²) >= 11 is 5.08. The molecule has 0 radical (unpaired) electrons. The molecule has 0 aromatic heterocycles. The molecule has 2 N–H and O–H groups in total. The van der Waals surface area contributed by atoms with Crippen molar-refractivity contribution in [1.82, 2.24) is 9.80 Å². The van der Waals surface area contributed by atoms with E-state index in [1.807, 2.05) is 4.90 Å². The molecule has 4 nitrogen and oxygen atoms in total. The van der Waals surface area contributed by atoms with Crippen LogP contribution in [0, 0.1) is 5.41 Å². The van der Waals surface area contributed by atoms with E-state index in [9.17, 15) is 4.79 Å². The summed E-state index contributed by atoms with van der Waals surface area (Å²) in [5.74, 6) is 0.191. The molecule has 2 saturated heterocycles. The largest absolute Gasteiger partial charge is 0.392 e. The zero-order valence-electron chi connectivity index (χ0n) is 10.9. The Hall–Kier alpha value is -0.680. The average Bonchev–Trinajstić information content (AvgIpc) is 3.04. The quantitative estimate of drug-likeness (QED) is 0.750. The highest BCUT2D eigenvalue weighted by atomic mass is 32.1. The van der Waals surface area contributed by atoms with Crippen molar-refractivity contribution in [3.05, 3.63) is 0 Å². The van der Waals surface area contributed by atoms with Crippen LogP contribution >= 0.6 is 12.2 Å². The Morgan fingerprint density at radius 1 is 1.28 bits per heavy atom. The molecular formula is C13H21N3OS. The van der Waals surface area contributed by atoms with Gasteiger partial charge in [-0.1, -0.05) is 12.2 Å². The van der Waals surface area contributed by atoms with Crippen LogP contribution in [0.1, 0.15) is 32.1 Å². The van der Waals surface area contributed by atoms with Gasteiger partial charge < -0.3 is 10.6 Å². The number of hydrogen-bond acceptors (Lipinski definition) is 3. The van der Waals surface area contributed by atoms with Gasteiger partial charge in [-0.25, -0.2) is 0 Å². The zero-order chi connectivity index (χ0) is 12.9. The Kier molecular flexibility index (Phi) is 2.86. The second-order valence-corrected chi connectivity index (χ2v) is 6.48. The normalized spacial score (nSPS) is 34.2. The number of nitrogens with two attached hydrogens (primary N) is 1. The molecule has 0 aromatic carbocycles. The van der Waals surface area contributed by atoms with E-state index in [2.05, 4.69) is 11.9 Å². The van der Waals surface area contributed by atoms with Crippen molar-refractivity contribution in [2.45, 2.75) is 44.2 Å². The van der Waals surface area contributed by atoms with Crippen LogP contribution in [0.15, 0.2) is 0 Å². The van der Waals surface area contributed by atoms with Crippen molar-refractivity contribution >= 4 is 23.1 Å². The highest BCUT2D eigenvalue weighted by Gasteiger charge is 2.55. The van der Waals surface area contributed by atoms with Gasteiger partial charge in [0.2, 0.25) is 5.91 Å². The van der Waals surface area contributed by atoms with E-state index in [1.54, 1.807) is 0 Å². The maximum Gasteiger partial charge on any atom is 0.235 e. The van der Waals surface area contributed by atoms with E-state index >= 15 is 0 Å². The summed E-state index contributed by atoms with van der Waals surface area (Å²) in [4.78, 5) is 17.5. The number of amides is 1. The number of fused-ring (bicyclic) bond motifs is 2. The van der Waals surface area contributed by atoms with Gasteiger partial charge in [0.05, 0.1) is 10.4 Å².